The van der Waals surface area contributed by atoms with Gasteiger partial charge in [0.1, 0.15) is 0 Å². The summed E-state index contributed by atoms with van der Waals surface area (Å²) in [6, 6.07) is 6.31. The van der Waals surface area contributed by atoms with Crippen molar-refractivity contribution in [3.63, 3.8) is 0 Å². The van der Waals surface area contributed by atoms with Crippen LogP contribution in [-0.2, 0) is 22.5 Å². The molecule has 0 unspecified atom stereocenters. The number of benzene rings is 1. The van der Waals surface area contributed by atoms with Crippen molar-refractivity contribution in [2.45, 2.75) is 26.3 Å². The average Bonchev–Trinajstić information content (AvgIpc) is 2.38. The highest BCUT2D eigenvalue weighted by Gasteiger charge is 2.20. The lowest BCUT2D eigenvalue weighted by molar-refractivity contribution is -0.133. The lowest BCUT2D eigenvalue weighted by Crippen LogP contribution is -2.36. The van der Waals surface area contributed by atoms with E-state index in [0.717, 1.165) is 24.0 Å². The van der Waals surface area contributed by atoms with Crippen LogP contribution in [0.3, 0.4) is 0 Å². The van der Waals surface area contributed by atoms with Gasteiger partial charge in [0.05, 0.1) is 13.0 Å². The fourth-order valence-electron chi connectivity index (χ4n) is 2.20. The summed E-state index contributed by atoms with van der Waals surface area (Å²) >= 11 is 3.48. The molecular formula is C14H18BrNO2. The first-order valence-electron chi connectivity index (χ1n) is 6.33. The Morgan fingerprint density at radius 2 is 2.28 bits per heavy atom. The van der Waals surface area contributed by atoms with Gasteiger partial charge in [0, 0.05) is 24.2 Å². The Bertz CT molecular complexity index is 434. The van der Waals surface area contributed by atoms with Gasteiger partial charge in [0.2, 0.25) is 5.91 Å². The Morgan fingerprint density at radius 1 is 1.44 bits per heavy atom. The molecule has 2 rings (SSSR count). The van der Waals surface area contributed by atoms with Crippen molar-refractivity contribution >= 4 is 21.8 Å². The minimum Gasteiger partial charge on any atom is -0.381 e. The molecule has 1 aromatic rings. The molecule has 1 aromatic carbocycles. The predicted molar refractivity (Wildman–Crippen MR) is 74.4 cm³/mol. The van der Waals surface area contributed by atoms with E-state index in [1.54, 1.807) is 0 Å². The number of amides is 1. The second-order valence-corrected chi connectivity index (χ2v) is 5.34. The predicted octanol–water partition coefficient (Wildman–Crippen LogP) is 2.76. The summed E-state index contributed by atoms with van der Waals surface area (Å²) in [6.07, 6.45) is 1.43. The molecule has 0 radical (unpaired) electrons. The van der Waals surface area contributed by atoms with E-state index in [1.807, 2.05) is 11.8 Å². The molecule has 0 saturated heterocycles. The number of hydrogen-bond acceptors (Lipinski definition) is 2. The first-order valence-corrected chi connectivity index (χ1v) is 7.13. The largest absolute Gasteiger partial charge is 0.381 e. The standard InChI is InChI=1S/C14H18BrNO2/c1-2-18-8-6-14(17)16-7-5-11-3-4-13(15)9-12(11)10-16/h3-4,9H,2,5-8,10H2,1H3. The number of hydrogen-bond donors (Lipinski definition) is 0. The van der Waals surface area contributed by atoms with Gasteiger partial charge in [-0.15, -0.1) is 0 Å². The Morgan fingerprint density at radius 3 is 3.06 bits per heavy atom. The van der Waals surface area contributed by atoms with Crippen LogP contribution in [0, 0.1) is 0 Å². The lowest BCUT2D eigenvalue weighted by Gasteiger charge is -2.29. The third-order valence-electron chi connectivity index (χ3n) is 3.20. The molecule has 4 heteroatoms. The molecule has 1 amide bonds. The summed E-state index contributed by atoms with van der Waals surface area (Å²) in [5, 5.41) is 0. The van der Waals surface area contributed by atoms with Crippen molar-refractivity contribution in [2.75, 3.05) is 19.8 Å². The van der Waals surface area contributed by atoms with Crippen molar-refractivity contribution in [1.29, 1.82) is 0 Å². The smallest absolute Gasteiger partial charge is 0.225 e. The van der Waals surface area contributed by atoms with Crippen molar-refractivity contribution in [1.82, 2.24) is 4.90 Å². The highest BCUT2D eigenvalue weighted by molar-refractivity contribution is 9.10. The Kier molecular flexibility index (Phi) is 4.78. The second-order valence-electron chi connectivity index (χ2n) is 4.43. The van der Waals surface area contributed by atoms with Crippen LogP contribution in [0.4, 0.5) is 0 Å². The summed E-state index contributed by atoms with van der Waals surface area (Å²) in [5.74, 6) is 0.189. The molecule has 0 fully saturated rings. The molecule has 0 saturated carbocycles. The second kappa shape index (κ2) is 6.34. The van der Waals surface area contributed by atoms with Crippen LogP contribution in [0.5, 0.6) is 0 Å². The Hall–Kier alpha value is -0.870. The maximum absolute atomic E-state index is 12.0. The van der Waals surface area contributed by atoms with E-state index < -0.39 is 0 Å². The summed E-state index contributed by atoms with van der Waals surface area (Å²) in [7, 11) is 0. The van der Waals surface area contributed by atoms with E-state index in [9.17, 15) is 4.79 Å². The molecule has 0 N–H and O–H groups in total. The first-order chi connectivity index (χ1) is 8.70. The Labute approximate surface area is 116 Å². The van der Waals surface area contributed by atoms with Gasteiger partial charge in [-0.1, -0.05) is 22.0 Å². The molecule has 3 nitrogen and oxygen atoms in total. The number of ether oxygens (including phenoxy) is 1. The number of rotatable bonds is 4. The highest BCUT2D eigenvalue weighted by atomic mass is 79.9. The first kappa shape index (κ1) is 13.6. The van der Waals surface area contributed by atoms with Crippen molar-refractivity contribution in [2.24, 2.45) is 0 Å². The average molecular weight is 312 g/mol. The molecule has 0 atom stereocenters. The monoisotopic (exact) mass is 311 g/mol. The van der Waals surface area contributed by atoms with Crippen LogP contribution in [0.2, 0.25) is 0 Å². The Balaban J connectivity index is 1.96. The minimum absolute atomic E-state index is 0.189. The maximum Gasteiger partial charge on any atom is 0.225 e. The number of nitrogens with zero attached hydrogens (tertiary/aromatic N) is 1. The summed E-state index contributed by atoms with van der Waals surface area (Å²) in [6.45, 7) is 4.68. The zero-order valence-corrected chi connectivity index (χ0v) is 12.2. The van der Waals surface area contributed by atoms with E-state index in [1.165, 1.54) is 11.1 Å². The van der Waals surface area contributed by atoms with Gasteiger partial charge in [0.15, 0.2) is 0 Å². The zero-order chi connectivity index (χ0) is 13.0. The maximum atomic E-state index is 12.0. The highest BCUT2D eigenvalue weighted by Crippen LogP contribution is 2.23. The fourth-order valence-corrected chi connectivity index (χ4v) is 2.61. The van der Waals surface area contributed by atoms with E-state index in [2.05, 4.69) is 34.1 Å². The summed E-state index contributed by atoms with van der Waals surface area (Å²) < 4.78 is 6.30. The molecule has 1 heterocycles. The summed E-state index contributed by atoms with van der Waals surface area (Å²) in [4.78, 5) is 13.9. The van der Waals surface area contributed by atoms with Gasteiger partial charge in [-0.3, -0.25) is 4.79 Å². The normalized spacial score (nSPS) is 14.4. The van der Waals surface area contributed by atoms with Gasteiger partial charge >= 0.3 is 0 Å². The van der Waals surface area contributed by atoms with Crippen LogP contribution < -0.4 is 0 Å². The molecule has 1 aliphatic heterocycles. The number of carbonyl (C=O) groups is 1. The van der Waals surface area contributed by atoms with Crippen LogP contribution in [-0.4, -0.2) is 30.6 Å². The molecule has 1 aliphatic rings. The fraction of sp³-hybridized carbons (Fsp3) is 0.500. The van der Waals surface area contributed by atoms with Crippen LogP contribution in [0.15, 0.2) is 22.7 Å². The van der Waals surface area contributed by atoms with Gasteiger partial charge in [-0.05, 0) is 36.6 Å². The van der Waals surface area contributed by atoms with E-state index in [0.29, 0.717) is 19.6 Å². The van der Waals surface area contributed by atoms with E-state index >= 15 is 0 Å². The van der Waals surface area contributed by atoms with Gasteiger partial charge in [0.25, 0.3) is 0 Å². The van der Waals surface area contributed by atoms with Crippen molar-refractivity contribution in [3.8, 4) is 0 Å². The third-order valence-corrected chi connectivity index (χ3v) is 3.69. The quantitative estimate of drug-likeness (QED) is 0.800. The van der Waals surface area contributed by atoms with E-state index in [-0.39, 0.29) is 5.91 Å². The van der Waals surface area contributed by atoms with Gasteiger partial charge in [-0.25, -0.2) is 0 Å². The molecule has 98 valence electrons. The number of carbonyl (C=O) groups excluding carboxylic acids is 1. The van der Waals surface area contributed by atoms with Crippen LogP contribution >= 0.6 is 15.9 Å². The van der Waals surface area contributed by atoms with Crippen molar-refractivity contribution in [3.05, 3.63) is 33.8 Å². The third kappa shape index (κ3) is 3.33. The van der Waals surface area contributed by atoms with E-state index in [4.69, 9.17) is 4.74 Å². The van der Waals surface area contributed by atoms with Gasteiger partial charge in [-0.2, -0.15) is 0 Å². The SMILES string of the molecule is CCOCCC(=O)N1CCc2ccc(Br)cc2C1. The van der Waals surface area contributed by atoms with Crippen LogP contribution in [0.1, 0.15) is 24.5 Å². The molecule has 0 aromatic heterocycles. The molecule has 0 aliphatic carbocycles. The number of fused-ring (bicyclic) bond motifs is 1. The molecule has 0 bridgehead atoms. The molecule has 18 heavy (non-hydrogen) atoms. The minimum atomic E-state index is 0.189. The van der Waals surface area contributed by atoms with Gasteiger partial charge < -0.3 is 9.64 Å². The summed E-state index contributed by atoms with van der Waals surface area (Å²) in [5.41, 5.74) is 2.60. The van der Waals surface area contributed by atoms with Crippen LogP contribution in [0.25, 0.3) is 0 Å². The molecule has 0 spiro atoms. The van der Waals surface area contributed by atoms with Crippen molar-refractivity contribution < 1.29 is 9.53 Å². The topological polar surface area (TPSA) is 29.5 Å². The lowest BCUT2D eigenvalue weighted by atomic mass is 10.00. The zero-order valence-electron chi connectivity index (χ0n) is 10.6. The number of halogens is 1. The molecular weight excluding hydrogens is 294 g/mol.